The van der Waals surface area contributed by atoms with Crippen LogP contribution in [0.15, 0.2) is 24.3 Å². The fourth-order valence-corrected chi connectivity index (χ4v) is 3.70. The third-order valence-electron chi connectivity index (χ3n) is 5.30. The Labute approximate surface area is 164 Å². The van der Waals surface area contributed by atoms with Gasteiger partial charge in [0, 0.05) is 25.3 Å². The molecule has 1 amide bonds. The molecule has 0 aromatic carbocycles. The number of nitrogens with one attached hydrogen (secondary N) is 1. The van der Waals surface area contributed by atoms with E-state index < -0.39 is 18.3 Å². The van der Waals surface area contributed by atoms with Crippen molar-refractivity contribution in [1.82, 2.24) is 5.32 Å². The summed E-state index contributed by atoms with van der Waals surface area (Å²) in [7, 11) is 0. The Kier molecular flexibility index (Phi) is 12.3. The molecule has 1 fully saturated rings. The van der Waals surface area contributed by atoms with Crippen LogP contribution in [0.3, 0.4) is 0 Å². The van der Waals surface area contributed by atoms with E-state index in [1.165, 1.54) is 0 Å². The molecular formula is C22H39NO4. The van der Waals surface area contributed by atoms with Gasteiger partial charge in [0.15, 0.2) is 0 Å². The van der Waals surface area contributed by atoms with Gasteiger partial charge in [-0.3, -0.25) is 4.79 Å². The van der Waals surface area contributed by atoms with Gasteiger partial charge in [-0.05, 0) is 38.5 Å². The molecule has 0 aliphatic heterocycles. The Bertz CT molecular complexity index is 463. The summed E-state index contributed by atoms with van der Waals surface area (Å²) >= 11 is 0. The molecule has 0 saturated heterocycles. The lowest BCUT2D eigenvalue weighted by Crippen LogP contribution is -2.21. The highest BCUT2D eigenvalue weighted by molar-refractivity contribution is 5.75. The molecule has 0 aromatic rings. The van der Waals surface area contributed by atoms with E-state index in [1.54, 1.807) is 6.08 Å². The second-order valence-electron chi connectivity index (χ2n) is 7.61. The van der Waals surface area contributed by atoms with Gasteiger partial charge in [-0.2, -0.15) is 0 Å². The minimum atomic E-state index is -0.560. The van der Waals surface area contributed by atoms with Gasteiger partial charge in [0.25, 0.3) is 0 Å². The van der Waals surface area contributed by atoms with E-state index in [0.717, 1.165) is 38.5 Å². The number of unbranched alkanes of at least 4 members (excludes halogenated alkanes) is 3. The van der Waals surface area contributed by atoms with Crippen molar-refractivity contribution >= 4 is 5.91 Å². The first-order chi connectivity index (χ1) is 13.0. The molecule has 0 radical (unpaired) electrons. The minimum Gasteiger partial charge on any atom is -0.393 e. The predicted molar refractivity (Wildman–Crippen MR) is 109 cm³/mol. The van der Waals surface area contributed by atoms with E-state index in [9.17, 15) is 20.1 Å². The second kappa shape index (κ2) is 13.9. The van der Waals surface area contributed by atoms with E-state index >= 15 is 0 Å². The average molecular weight is 382 g/mol. The van der Waals surface area contributed by atoms with E-state index in [-0.39, 0.29) is 17.7 Å². The van der Waals surface area contributed by atoms with Crippen LogP contribution in [-0.2, 0) is 4.79 Å². The Hall–Kier alpha value is -1.17. The van der Waals surface area contributed by atoms with Gasteiger partial charge in [-0.1, -0.05) is 50.5 Å². The average Bonchev–Trinajstić information content (AvgIpc) is 2.89. The van der Waals surface area contributed by atoms with Crippen LogP contribution in [0.2, 0.25) is 0 Å². The molecule has 1 aliphatic rings. The Morgan fingerprint density at radius 2 is 1.93 bits per heavy atom. The molecule has 5 nitrogen and oxygen atoms in total. The minimum absolute atomic E-state index is 0.0290. The van der Waals surface area contributed by atoms with Crippen LogP contribution >= 0.6 is 0 Å². The van der Waals surface area contributed by atoms with Crippen molar-refractivity contribution in [3.8, 4) is 0 Å². The van der Waals surface area contributed by atoms with Crippen molar-refractivity contribution in [2.24, 2.45) is 11.8 Å². The normalized spacial score (nSPS) is 26.9. The summed E-state index contributed by atoms with van der Waals surface area (Å²) in [5.41, 5.74) is 0. The molecule has 0 spiro atoms. The number of aliphatic hydroxyl groups excluding tert-OH is 3. The smallest absolute Gasteiger partial charge is 0.219 e. The number of amides is 1. The summed E-state index contributed by atoms with van der Waals surface area (Å²) in [4.78, 5) is 11.4. The molecular weight excluding hydrogens is 342 g/mol. The largest absolute Gasteiger partial charge is 0.393 e. The van der Waals surface area contributed by atoms with Crippen LogP contribution in [0, 0.1) is 11.8 Å². The molecule has 1 rings (SSSR count). The van der Waals surface area contributed by atoms with E-state index in [1.807, 2.05) is 19.1 Å². The first kappa shape index (κ1) is 23.9. The Morgan fingerprint density at radius 1 is 1.15 bits per heavy atom. The monoisotopic (exact) mass is 381 g/mol. The van der Waals surface area contributed by atoms with Crippen molar-refractivity contribution in [3.05, 3.63) is 24.3 Å². The van der Waals surface area contributed by atoms with Crippen molar-refractivity contribution in [2.45, 2.75) is 89.9 Å². The molecule has 4 N–H and O–H groups in total. The quantitative estimate of drug-likeness (QED) is 0.291. The fraction of sp³-hybridized carbons (Fsp3) is 0.773. The third kappa shape index (κ3) is 9.54. The number of hydrogen-bond donors (Lipinski definition) is 4. The van der Waals surface area contributed by atoms with Gasteiger partial charge in [0.2, 0.25) is 5.91 Å². The molecule has 5 atom stereocenters. The second-order valence-corrected chi connectivity index (χ2v) is 7.61. The standard InChI is InChI=1S/C22H39NO4/c1-3-5-8-11-17(24)14-15-19-18(20(25)16-21(19)26)12-9-6-7-10-13-22(27)23-4-2/h6,9,14-15,17-21,24-26H,3-5,7-8,10-13,16H2,1-2H3,(H,23,27)/b9-6-,15-14+/t17-,18+,19+,20-,21+/m0/s1. The van der Waals surface area contributed by atoms with Gasteiger partial charge < -0.3 is 20.6 Å². The highest BCUT2D eigenvalue weighted by Gasteiger charge is 2.39. The lowest BCUT2D eigenvalue weighted by molar-refractivity contribution is -0.121. The SMILES string of the molecule is CCCCC[C@H](O)/C=C/[C@@H]1[C@@H](C/C=C\CCCC(=O)NCC)[C@@H](O)C[C@H]1O. The molecule has 27 heavy (non-hydrogen) atoms. The Morgan fingerprint density at radius 3 is 2.63 bits per heavy atom. The first-order valence-corrected chi connectivity index (χ1v) is 10.6. The maximum absolute atomic E-state index is 11.4. The molecule has 1 saturated carbocycles. The van der Waals surface area contributed by atoms with Crippen LogP contribution in [0.5, 0.6) is 0 Å². The van der Waals surface area contributed by atoms with Crippen molar-refractivity contribution in [1.29, 1.82) is 0 Å². The van der Waals surface area contributed by atoms with E-state index in [4.69, 9.17) is 0 Å². The van der Waals surface area contributed by atoms with Crippen LogP contribution in [0.1, 0.15) is 71.6 Å². The molecule has 0 bridgehead atoms. The predicted octanol–water partition coefficient (Wildman–Crippen LogP) is 3.09. The summed E-state index contributed by atoms with van der Waals surface area (Å²) in [5.74, 6) is -0.0672. The highest BCUT2D eigenvalue weighted by atomic mass is 16.3. The highest BCUT2D eigenvalue weighted by Crippen LogP contribution is 2.36. The van der Waals surface area contributed by atoms with Crippen LogP contribution in [-0.4, -0.2) is 46.1 Å². The van der Waals surface area contributed by atoms with Gasteiger partial charge >= 0.3 is 0 Å². The van der Waals surface area contributed by atoms with Crippen molar-refractivity contribution < 1.29 is 20.1 Å². The number of carbonyl (C=O) groups excluding carboxylic acids is 1. The summed E-state index contributed by atoms with van der Waals surface area (Å²) in [6.07, 6.45) is 13.5. The van der Waals surface area contributed by atoms with Crippen LogP contribution in [0.25, 0.3) is 0 Å². The molecule has 156 valence electrons. The van der Waals surface area contributed by atoms with Crippen LogP contribution < -0.4 is 5.32 Å². The maximum Gasteiger partial charge on any atom is 0.219 e. The molecule has 5 heteroatoms. The zero-order valence-electron chi connectivity index (χ0n) is 17.0. The Balaban J connectivity index is 2.42. The molecule has 0 unspecified atom stereocenters. The number of aliphatic hydroxyl groups is 3. The van der Waals surface area contributed by atoms with Gasteiger partial charge in [0.1, 0.15) is 0 Å². The van der Waals surface area contributed by atoms with E-state index in [0.29, 0.717) is 25.8 Å². The zero-order chi connectivity index (χ0) is 20.1. The zero-order valence-corrected chi connectivity index (χ0v) is 17.0. The molecule has 1 aliphatic carbocycles. The fourth-order valence-electron chi connectivity index (χ4n) is 3.70. The van der Waals surface area contributed by atoms with Crippen molar-refractivity contribution in [2.75, 3.05) is 6.54 Å². The van der Waals surface area contributed by atoms with Crippen molar-refractivity contribution in [3.63, 3.8) is 0 Å². The summed E-state index contributed by atoms with van der Waals surface area (Å²) in [6.45, 7) is 4.71. The van der Waals surface area contributed by atoms with Gasteiger partial charge in [-0.25, -0.2) is 0 Å². The van der Waals surface area contributed by atoms with Gasteiger partial charge in [-0.15, -0.1) is 0 Å². The molecule has 0 heterocycles. The number of rotatable bonds is 13. The number of carbonyl (C=O) groups is 1. The van der Waals surface area contributed by atoms with Gasteiger partial charge in [0.05, 0.1) is 18.3 Å². The number of hydrogen-bond acceptors (Lipinski definition) is 4. The summed E-state index contributed by atoms with van der Waals surface area (Å²) < 4.78 is 0. The van der Waals surface area contributed by atoms with E-state index in [2.05, 4.69) is 18.3 Å². The summed E-state index contributed by atoms with van der Waals surface area (Å²) in [6, 6.07) is 0. The maximum atomic E-state index is 11.4. The lowest BCUT2D eigenvalue weighted by Gasteiger charge is -2.19. The van der Waals surface area contributed by atoms with Crippen LogP contribution in [0.4, 0.5) is 0 Å². The third-order valence-corrected chi connectivity index (χ3v) is 5.30. The topological polar surface area (TPSA) is 89.8 Å². The molecule has 0 aromatic heterocycles. The lowest BCUT2D eigenvalue weighted by atomic mass is 9.89. The number of allylic oxidation sites excluding steroid dienone is 2. The first-order valence-electron chi connectivity index (χ1n) is 10.6. The summed E-state index contributed by atoms with van der Waals surface area (Å²) in [5, 5.41) is 33.3.